The van der Waals surface area contributed by atoms with Crippen LogP contribution >= 0.6 is 11.8 Å². The summed E-state index contributed by atoms with van der Waals surface area (Å²) >= 11 is 1.32. The van der Waals surface area contributed by atoms with E-state index in [0.29, 0.717) is 23.7 Å². The Balaban J connectivity index is 1.31. The minimum atomic E-state index is -0.303. The van der Waals surface area contributed by atoms with Crippen molar-refractivity contribution in [3.63, 3.8) is 0 Å². The highest BCUT2D eigenvalue weighted by Gasteiger charge is 2.22. The molecule has 2 aromatic carbocycles. The van der Waals surface area contributed by atoms with Gasteiger partial charge in [-0.2, -0.15) is 0 Å². The third kappa shape index (κ3) is 5.46. The summed E-state index contributed by atoms with van der Waals surface area (Å²) in [5.74, 6) is 0.780. The summed E-state index contributed by atoms with van der Waals surface area (Å²) in [6.07, 6.45) is 5.03. The lowest BCUT2D eigenvalue weighted by Crippen LogP contribution is -2.30. The summed E-state index contributed by atoms with van der Waals surface area (Å²) < 4.78 is 15.5. The summed E-state index contributed by atoms with van der Waals surface area (Å²) in [6, 6.07) is 13.5. The molecule has 0 saturated carbocycles. The van der Waals surface area contributed by atoms with E-state index in [1.54, 1.807) is 29.2 Å². The van der Waals surface area contributed by atoms with Gasteiger partial charge in [-0.3, -0.25) is 19.1 Å². The fourth-order valence-corrected chi connectivity index (χ4v) is 5.49. The summed E-state index contributed by atoms with van der Waals surface area (Å²) in [7, 11) is 0. The summed E-state index contributed by atoms with van der Waals surface area (Å²) in [5.41, 5.74) is 2.20. The van der Waals surface area contributed by atoms with Crippen molar-refractivity contribution in [1.82, 2.24) is 19.7 Å². The topological polar surface area (TPSA) is 71.3 Å². The molecule has 1 amide bonds. The van der Waals surface area contributed by atoms with E-state index >= 15 is 0 Å². The molecule has 7 nitrogen and oxygen atoms in total. The van der Waals surface area contributed by atoms with Crippen molar-refractivity contribution in [3.05, 3.63) is 65.7 Å². The number of nitrogens with zero attached hydrogens (tertiary/aromatic N) is 5. The first-order valence-electron chi connectivity index (χ1n) is 12.1. The van der Waals surface area contributed by atoms with E-state index in [9.17, 15) is 14.0 Å². The van der Waals surface area contributed by atoms with Gasteiger partial charge in [0.15, 0.2) is 16.8 Å². The highest BCUT2D eigenvalue weighted by molar-refractivity contribution is 7.99. The van der Waals surface area contributed by atoms with Gasteiger partial charge >= 0.3 is 0 Å². The first-order chi connectivity index (χ1) is 17.1. The third-order valence-corrected chi connectivity index (χ3v) is 7.43. The van der Waals surface area contributed by atoms with Crippen LogP contribution in [0.25, 0.3) is 5.69 Å². The Kier molecular flexibility index (Phi) is 7.24. The fourth-order valence-electron chi connectivity index (χ4n) is 4.63. The number of Topliss-reactive ketones (excluding diaryl/α,β-unsaturated/α-hetero) is 1. The van der Waals surface area contributed by atoms with Gasteiger partial charge in [0, 0.05) is 29.9 Å². The van der Waals surface area contributed by atoms with Crippen LogP contribution in [0.15, 0.2) is 53.7 Å². The molecule has 2 saturated heterocycles. The van der Waals surface area contributed by atoms with Crippen LogP contribution in [-0.2, 0) is 11.3 Å². The van der Waals surface area contributed by atoms with Crippen LogP contribution in [0, 0.1) is 5.82 Å². The molecule has 9 heteroatoms. The SMILES string of the molecule is O=C(CSc1nnc(CN2CCCCC2)n1-c1ccc(F)cc1)c1ccc(N2CCCC2=O)cc1. The molecule has 2 fully saturated rings. The van der Waals surface area contributed by atoms with E-state index in [1.807, 2.05) is 16.7 Å². The number of benzene rings is 2. The molecule has 0 bridgehead atoms. The number of thioether (sulfide) groups is 1. The normalized spacial score (nSPS) is 16.7. The number of aromatic nitrogens is 3. The number of halogens is 1. The van der Waals surface area contributed by atoms with Gasteiger partial charge < -0.3 is 4.90 Å². The van der Waals surface area contributed by atoms with Crippen LogP contribution in [0.5, 0.6) is 0 Å². The predicted octanol–water partition coefficient (Wildman–Crippen LogP) is 4.49. The van der Waals surface area contributed by atoms with Gasteiger partial charge in [0.2, 0.25) is 5.91 Å². The third-order valence-electron chi connectivity index (χ3n) is 6.51. The smallest absolute Gasteiger partial charge is 0.227 e. The molecule has 0 spiro atoms. The number of hydrogen-bond donors (Lipinski definition) is 0. The van der Waals surface area contributed by atoms with Crippen molar-refractivity contribution >= 4 is 29.1 Å². The van der Waals surface area contributed by atoms with Crippen molar-refractivity contribution in [1.29, 1.82) is 0 Å². The maximum absolute atomic E-state index is 13.6. The molecular formula is C26H28FN5O2S. The number of anilines is 1. The largest absolute Gasteiger partial charge is 0.312 e. The fraction of sp³-hybridized carbons (Fsp3) is 0.385. The molecule has 0 atom stereocenters. The zero-order valence-electron chi connectivity index (χ0n) is 19.5. The predicted molar refractivity (Wildman–Crippen MR) is 134 cm³/mol. The van der Waals surface area contributed by atoms with Gasteiger partial charge in [0.25, 0.3) is 0 Å². The number of piperidine rings is 1. The number of hydrogen-bond acceptors (Lipinski definition) is 6. The molecule has 35 heavy (non-hydrogen) atoms. The van der Waals surface area contributed by atoms with Crippen molar-refractivity contribution in [2.75, 3.05) is 30.3 Å². The second-order valence-corrected chi connectivity index (χ2v) is 9.90. The lowest BCUT2D eigenvalue weighted by atomic mass is 10.1. The second-order valence-electron chi connectivity index (χ2n) is 8.96. The van der Waals surface area contributed by atoms with Gasteiger partial charge in [-0.25, -0.2) is 4.39 Å². The molecule has 5 rings (SSSR count). The minimum absolute atomic E-state index is 0.0273. The summed E-state index contributed by atoms with van der Waals surface area (Å²) in [5, 5.41) is 9.42. The van der Waals surface area contributed by atoms with Gasteiger partial charge in [0.05, 0.1) is 12.3 Å². The van der Waals surface area contributed by atoms with Gasteiger partial charge in [0.1, 0.15) is 5.82 Å². The van der Waals surface area contributed by atoms with E-state index in [0.717, 1.165) is 43.3 Å². The summed E-state index contributed by atoms with van der Waals surface area (Å²) in [4.78, 5) is 29.0. The summed E-state index contributed by atoms with van der Waals surface area (Å²) in [6.45, 7) is 3.43. The number of amides is 1. The van der Waals surface area contributed by atoms with Crippen LogP contribution in [0.2, 0.25) is 0 Å². The van der Waals surface area contributed by atoms with Gasteiger partial charge in [-0.1, -0.05) is 18.2 Å². The first kappa shape index (κ1) is 23.7. The molecule has 2 aliphatic heterocycles. The molecule has 0 unspecified atom stereocenters. The van der Waals surface area contributed by atoms with Crippen molar-refractivity contribution in [2.45, 2.75) is 43.8 Å². The zero-order chi connectivity index (χ0) is 24.2. The molecule has 0 radical (unpaired) electrons. The van der Waals surface area contributed by atoms with Crippen LogP contribution in [0.4, 0.5) is 10.1 Å². The molecule has 1 aromatic heterocycles. The van der Waals surface area contributed by atoms with E-state index in [1.165, 1.54) is 43.2 Å². The molecule has 182 valence electrons. The van der Waals surface area contributed by atoms with Crippen molar-refractivity contribution in [3.8, 4) is 5.69 Å². The Hall–Kier alpha value is -3.04. The number of rotatable bonds is 8. The van der Waals surface area contributed by atoms with Crippen LogP contribution in [0.1, 0.15) is 48.3 Å². The molecule has 3 aromatic rings. The Bertz CT molecular complexity index is 1190. The van der Waals surface area contributed by atoms with E-state index in [2.05, 4.69) is 15.1 Å². The van der Waals surface area contributed by atoms with Crippen LogP contribution in [0.3, 0.4) is 0 Å². The number of carbonyl (C=O) groups excluding carboxylic acids is 2. The van der Waals surface area contributed by atoms with Crippen LogP contribution < -0.4 is 4.90 Å². The first-order valence-corrected chi connectivity index (χ1v) is 13.1. The van der Waals surface area contributed by atoms with E-state index in [-0.39, 0.29) is 23.3 Å². The average molecular weight is 494 g/mol. The van der Waals surface area contributed by atoms with Crippen LogP contribution in [-0.4, -0.2) is 56.7 Å². The lowest BCUT2D eigenvalue weighted by Gasteiger charge is -2.26. The van der Waals surface area contributed by atoms with E-state index < -0.39 is 0 Å². The monoisotopic (exact) mass is 493 g/mol. The molecule has 2 aliphatic rings. The standard InChI is InChI=1S/C26H28FN5O2S/c27-20-8-12-22(13-9-20)32-24(17-30-14-2-1-3-15-30)28-29-26(32)35-18-23(33)19-6-10-21(11-7-19)31-16-4-5-25(31)34/h6-13H,1-5,14-18H2. The zero-order valence-corrected chi connectivity index (χ0v) is 20.3. The van der Waals surface area contributed by atoms with Gasteiger partial charge in [-0.05, 0) is 80.9 Å². The Labute approximate surface area is 208 Å². The Morgan fingerprint density at radius 1 is 0.886 bits per heavy atom. The molecule has 0 N–H and O–H groups in total. The average Bonchev–Trinajstić information content (AvgIpc) is 3.49. The quantitative estimate of drug-likeness (QED) is 0.340. The molecule has 0 aliphatic carbocycles. The highest BCUT2D eigenvalue weighted by Crippen LogP contribution is 2.26. The van der Waals surface area contributed by atoms with Gasteiger partial charge in [-0.15, -0.1) is 10.2 Å². The highest BCUT2D eigenvalue weighted by atomic mass is 32.2. The Morgan fingerprint density at radius 2 is 1.60 bits per heavy atom. The minimum Gasteiger partial charge on any atom is -0.312 e. The maximum Gasteiger partial charge on any atom is 0.227 e. The number of likely N-dealkylation sites (tertiary alicyclic amines) is 1. The number of carbonyl (C=O) groups is 2. The lowest BCUT2D eigenvalue weighted by molar-refractivity contribution is -0.117. The van der Waals surface area contributed by atoms with Crippen molar-refractivity contribution in [2.24, 2.45) is 0 Å². The van der Waals surface area contributed by atoms with E-state index in [4.69, 9.17) is 0 Å². The Morgan fingerprint density at radius 3 is 2.29 bits per heavy atom. The molecular weight excluding hydrogens is 465 g/mol. The second kappa shape index (κ2) is 10.7. The number of ketones is 1. The maximum atomic E-state index is 13.6. The van der Waals surface area contributed by atoms with Crippen molar-refractivity contribution < 1.29 is 14.0 Å². The molecule has 3 heterocycles.